The lowest BCUT2D eigenvalue weighted by Crippen LogP contribution is -2.56. The van der Waals surface area contributed by atoms with Gasteiger partial charge in [0.25, 0.3) is 0 Å². The highest BCUT2D eigenvalue weighted by atomic mass is 28.4. The van der Waals surface area contributed by atoms with E-state index in [0.29, 0.717) is 24.5 Å². The van der Waals surface area contributed by atoms with Crippen molar-refractivity contribution in [1.29, 1.82) is 0 Å². The molecule has 0 aromatic heterocycles. The van der Waals surface area contributed by atoms with Crippen LogP contribution in [0.1, 0.15) is 37.0 Å². The number of para-hydroxylation sites is 1. The van der Waals surface area contributed by atoms with E-state index >= 15 is 0 Å². The van der Waals surface area contributed by atoms with Crippen LogP contribution in [0.3, 0.4) is 0 Å². The molecule has 0 radical (unpaired) electrons. The molecule has 0 unspecified atom stereocenters. The minimum absolute atomic E-state index is 0.408. The first-order valence-electron chi connectivity index (χ1n) is 6.50. The Balaban J connectivity index is 2.23. The Labute approximate surface area is 113 Å². The molecule has 0 aliphatic carbocycles. The maximum Gasteiger partial charge on any atom is 0.823 e. The highest BCUT2D eigenvalue weighted by Gasteiger charge is 2.56. The van der Waals surface area contributed by atoms with E-state index in [-0.39, 0.29) is 0 Å². The normalized spacial score (nSPS) is 16.4. The van der Waals surface area contributed by atoms with Crippen LogP contribution in [-0.2, 0) is 13.3 Å². The van der Waals surface area contributed by atoms with E-state index in [2.05, 4.69) is 0 Å². The van der Waals surface area contributed by atoms with Gasteiger partial charge in [-0.2, -0.15) is 0 Å². The second-order valence-electron chi connectivity index (χ2n) is 4.18. The molecule has 0 amide bonds. The SMILES string of the molecule is CCCO[Si]1(OCCC)OC(=O)c2ccccc2O1. The van der Waals surface area contributed by atoms with Gasteiger partial charge in [-0.25, -0.2) is 4.79 Å². The Kier molecular flexibility index (Phi) is 4.57. The van der Waals surface area contributed by atoms with Crippen LogP contribution in [-0.4, -0.2) is 28.2 Å². The number of fused-ring (bicyclic) bond motifs is 1. The van der Waals surface area contributed by atoms with Crippen molar-refractivity contribution in [3.8, 4) is 5.75 Å². The van der Waals surface area contributed by atoms with Crippen LogP contribution < -0.4 is 4.43 Å². The molecule has 5 nitrogen and oxygen atoms in total. The van der Waals surface area contributed by atoms with Crippen molar-refractivity contribution in [3.05, 3.63) is 29.8 Å². The maximum absolute atomic E-state index is 12.0. The molecule has 1 aliphatic rings. The lowest BCUT2D eigenvalue weighted by molar-refractivity contribution is -0.00142. The standard InChI is InChI=1S/C13H18O5Si/c1-3-9-15-19(16-10-4-2)17-12-8-6-5-7-11(12)13(14)18-19/h5-8H,3-4,9-10H2,1-2H3. The monoisotopic (exact) mass is 282 g/mol. The second-order valence-corrected chi connectivity index (χ2v) is 6.17. The predicted octanol–water partition coefficient (Wildman–Crippen LogP) is 2.52. The van der Waals surface area contributed by atoms with Gasteiger partial charge in [0.15, 0.2) is 0 Å². The van der Waals surface area contributed by atoms with Crippen molar-refractivity contribution in [2.75, 3.05) is 13.2 Å². The van der Waals surface area contributed by atoms with Crippen LogP contribution in [0, 0.1) is 0 Å². The van der Waals surface area contributed by atoms with Gasteiger partial charge in [0.2, 0.25) is 0 Å². The van der Waals surface area contributed by atoms with Gasteiger partial charge in [-0.3, -0.25) is 0 Å². The lowest BCUT2D eigenvalue weighted by Gasteiger charge is -2.31. The fourth-order valence-corrected chi connectivity index (χ4v) is 3.72. The molecule has 1 aliphatic heterocycles. The number of benzene rings is 1. The van der Waals surface area contributed by atoms with Crippen molar-refractivity contribution in [2.24, 2.45) is 0 Å². The van der Waals surface area contributed by atoms with Crippen LogP contribution in [0.25, 0.3) is 0 Å². The average molecular weight is 282 g/mol. The van der Waals surface area contributed by atoms with E-state index in [9.17, 15) is 4.79 Å². The van der Waals surface area contributed by atoms with E-state index < -0.39 is 15.0 Å². The summed E-state index contributed by atoms with van der Waals surface area (Å²) >= 11 is 0. The molecule has 6 heteroatoms. The Morgan fingerprint density at radius 2 is 1.68 bits per heavy atom. The summed E-state index contributed by atoms with van der Waals surface area (Å²) in [5.41, 5.74) is 0.408. The smallest absolute Gasteiger partial charge is 0.470 e. The summed E-state index contributed by atoms with van der Waals surface area (Å²) in [5, 5.41) is 0. The molecule has 0 saturated carbocycles. The largest absolute Gasteiger partial charge is 0.823 e. The summed E-state index contributed by atoms with van der Waals surface area (Å²) in [5.74, 6) is 0.0262. The van der Waals surface area contributed by atoms with Gasteiger partial charge in [-0.1, -0.05) is 26.0 Å². The third-order valence-electron chi connectivity index (χ3n) is 2.53. The van der Waals surface area contributed by atoms with Gasteiger partial charge >= 0.3 is 15.0 Å². The third-order valence-corrected chi connectivity index (χ3v) is 4.55. The zero-order chi connectivity index (χ0) is 13.7. The van der Waals surface area contributed by atoms with Gasteiger partial charge in [-0.15, -0.1) is 0 Å². The van der Waals surface area contributed by atoms with Crippen LogP contribution in [0.5, 0.6) is 5.75 Å². The number of hydrogen-bond acceptors (Lipinski definition) is 5. The molecule has 0 saturated heterocycles. The summed E-state index contributed by atoms with van der Waals surface area (Å²) in [6.07, 6.45) is 1.60. The second kappa shape index (κ2) is 6.18. The summed E-state index contributed by atoms with van der Waals surface area (Å²) in [6.45, 7) is 4.82. The molecule has 0 N–H and O–H groups in total. The van der Waals surface area contributed by atoms with Crippen molar-refractivity contribution >= 4 is 15.0 Å². The molecular formula is C13H18O5Si. The Bertz CT molecular complexity index is 440. The van der Waals surface area contributed by atoms with Crippen LogP contribution in [0.15, 0.2) is 24.3 Å². The number of carbonyl (C=O) groups is 1. The lowest BCUT2D eigenvalue weighted by atomic mass is 10.2. The number of hydrogen-bond donors (Lipinski definition) is 0. The average Bonchev–Trinajstić information content (AvgIpc) is 2.43. The fraction of sp³-hybridized carbons (Fsp3) is 0.462. The Morgan fingerprint density at radius 3 is 2.32 bits per heavy atom. The third kappa shape index (κ3) is 3.15. The van der Waals surface area contributed by atoms with Crippen molar-refractivity contribution < 1.29 is 22.5 Å². The van der Waals surface area contributed by atoms with Crippen molar-refractivity contribution in [2.45, 2.75) is 26.7 Å². The molecule has 19 heavy (non-hydrogen) atoms. The van der Waals surface area contributed by atoms with Crippen LogP contribution >= 0.6 is 0 Å². The van der Waals surface area contributed by atoms with Gasteiger partial charge in [0, 0.05) is 13.2 Å². The highest BCUT2D eigenvalue weighted by Crippen LogP contribution is 2.30. The first kappa shape index (κ1) is 14.0. The number of rotatable bonds is 6. The maximum atomic E-state index is 12.0. The molecule has 0 atom stereocenters. The minimum atomic E-state index is -3.39. The Hall–Kier alpha value is -1.37. The first-order chi connectivity index (χ1) is 9.21. The molecule has 0 spiro atoms. The van der Waals surface area contributed by atoms with E-state index in [1.54, 1.807) is 24.3 Å². The van der Waals surface area contributed by atoms with E-state index in [1.165, 1.54) is 0 Å². The van der Waals surface area contributed by atoms with Crippen molar-refractivity contribution in [1.82, 2.24) is 0 Å². The zero-order valence-corrected chi connectivity index (χ0v) is 12.2. The van der Waals surface area contributed by atoms with Crippen LogP contribution in [0.4, 0.5) is 0 Å². The van der Waals surface area contributed by atoms with E-state index in [4.69, 9.17) is 17.7 Å². The minimum Gasteiger partial charge on any atom is -0.470 e. The topological polar surface area (TPSA) is 54.0 Å². The van der Waals surface area contributed by atoms with Crippen molar-refractivity contribution in [3.63, 3.8) is 0 Å². The van der Waals surface area contributed by atoms with Gasteiger partial charge in [0.05, 0.1) is 5.56 Å². The predicted molar refractivity (Wildman–Crippen MR) is 70.7 cm³/mol. The first-order valence-corrected chi connectivity index (χ1v) is 8.13. The summed E-state index contributed by atoms with van der Waals surface area (Å²) < 4.78 is 22.3. The van der Waals surface area contributed by atoms with Gasteiger partial charge in [0.1, 0.15) is 5.75 Å². The summed E-state index contributed by atoms with van der Waals surface area (Å²) in [4.78, 5) is 12.0. The van der Waals surface area contributed by atoms with E-state index in [0.717, 1.165) is 12.8 Å². The Morgan fingerprint density at radius 1 is 1.05 bits per heavy atom. The van der Waals surface area contributed by atoms with E-state index in [1.807, 2.05) is 13.8 Å². The molecule has 1 aromatic rings. The highest BCUT2D eigenvalue weighted by molar-refractivity contribution is 6.57. The summed E-state index contributed by atoms with van der Waals surface area (Å²) in [7, 11) is -3.39. The molecule has 2 rings (SSSR count). The molecular weight excluding hydrogens is 264 g/mol. The van der Waals surface area contributed by atoms with Gasteiger partial charge in [-0.05, 0) is 25.0 Å². The van der Waals surface area contributed by atoms with Crippen LogP contribution in [0.2, 0.25) is 0 Å². The molecule has 1 heterocycles. The molecule has 0 bridgehead atoms. The molecule has 104 valence electrons. The zero-order valence-electron chi connectivity index (χ0n) is 11.2. The summed E-state index contributed by atoms with van der Waals surface area (Å²) in [6, 6.07) is 6.95. The fourth-order valence-electron chi connectivity index (χ4n) is 1.66. The molecule has 1 aromatic carbocycles. The van der Waals surface area contributed by atoms with Gasteiger partial charge < -0.3 is 17.7 Å². The molecule has 0 fully saturated rings. The number of carbonyl (C=O) groups excluding carboxylic acids is 1. The quantitative estimate of drug-likeness (QED) is 0.750.